The van der Waals surface area contributed by atoms with E-state index in [4.69, 9.17) is 10.5 Å². The van der Waals surface area contributed by atoms with E-state index in [-0.39, 0.29) is 11.5 Å². The van der Waals surface area contributed by atoms with Crippen LogP contribution < -0.4 is 5.73 Å². The summed E-state index contributed by atoms with van der Waals surface area (Å²) in [6, 6.07) is 0. The van der Waals surface area contributed by atoms with Crippen molar-refractivity contribution < 1.29 is 13.9 Å². The number of hydrogen-bond donors (Lipinski definition) is 1. The predicted molar refractivity (Wildman–Crippen MR) is 72.9 cm³/mol. The average Bonchev–Trinajstić information content (AvgIpc) is 3.02. The fourth-order valence-electron chi connectivity index (χ4n) is 2.36. The zero-order valence-electron chi connectivity index (χ0n) is 9.89. The van der Waals surface area contributed by atoms with E-state index in [0.29, 0.717) is 24.2 Å². The van der Waals surface area contributed by atoms with Crippen molar-refractivity contribution in [3.63, 3.8) is 0 Å². The standard InChI is InChI=1S/C9H13N5O3P2/c10-7-6-8(12-3-11-7)14(4-13-6)9(19-16)5(18-15)1-2-17-9/h3-5H,1-2,18-19H2,(H2,10,11,12). The van der Waals surface area contributed by atoms with Gasteiger partial charge in [-0.25, -0.2) is 15.0 Å². The number of anilines is 1. The molecule has 8 nitrogen and oxygen atoms in total. The molecule has 2 aromatic heterocycles. The monoisotopic (exact) mass is 301 g/mol. The highest BCUT2D eigenvalue weighted by molar-refractivity contribution is 7.30. The van der Waals surface area contributed by atoms with Crippen LogP contribution in [0.4, 0.5) is 5.82 Å². The fourth-order valence-corrected chi connectivity index (χ4v) is 4.39. The van der Waals surface area contributed by atoms with E-state index in [1.165, 1.54) is 12.7 Å². The van der Waals surface area contributed by atoms with Gasteiger partial charge in [0.25, 0.3) is 0 Å². The normalized spacial score (nSPS) is 28.3. The molecule has 3 heterocycles. The van der Waals surface area contributed by atoms with Crippen molar-refractivity contribution in [1.82, 2.24) is 19.5 Å². The van der Waals surface area contributed by atoms with E-state index in [9.17, 15) is 9.13 Å². The van der Waals surface area contributed by atoms with Crippen molar-refractivity contribution in [1.29, 1.82) is 0 Å². The lowest BCUT2D eigenvalue weighted by atomic mass is 10.3. The maximum atomic E-state index is 11.8. The number of nitrogens with two attached hydrogens (primary N) is 1. The first-order valence-corrected chi connectivity index (χ1v) is 7.91. The molecule has 10 heteroatoms. The van der Waals surface area contributed by atoms with Crippen LogP contribution in [0.5, 0.6) is 0 Å². The Kier molecular flexibility index (Phi) is 3.17. The van der Waals surface area contributed by atoms with Crippen molar-refractivity contribution in [3.05, 3.63) is 12.7 Å². The van der Waals surface area contributed by atoms with Crippen molar-refractivity contribution in [2.24, 2.45) is 0 Å². The molecule has 0 radical (unpaired) electrons. The Bertz CT molecular complexity index is 662. The van der Waals surface area contributed by atoms with E-state index in [0.717, 1.165) is 0 Å². The molecule has 1 aliphatic rings. The maximum Gasteiger partial charge on any atom is 0.204 e. The Labute approximate surface area is 110 Å². The van der Waals surface area contributed by atoms with Crippen molar-refractivity contribution in [2.75, 3.05) is 12.3 Å². The third kappa shape index (κ3) is 1.75. The molecule has 1 fully saturated rings. The van der Waals surface area contributed by atoms with Crippen LogP contribution in [0.25, 0.3) is 11.2 Å². The van der Waals surface area contributed by atoms with Gasteiger partial charge in [0.1, 0.15) is 20.3 Å². The highest BCUT2D eigenvalue weighted by Gasteiger charge is 2.46. The summed E-state index contributed by atoms with van der Waals surface area (Å²) >= 11 is 0. The zero-order chi connectivity index (χ0) is 13.5. The molecule has 1 aliphatic heterocycles. The summed E-state index contributed by atoms with van der Waals surface area (Å²) in [5.74, 6) is 0.254. The number of imidazole rings is 1. The summed E-state index contributed by atoms with van der Waals surface area (Å²) in [5, 5.41) is 0. The van der Waals surface area contributed by atoms with E-state index < -0.39 is 22.4 Å². The van der Waals surface area contributed by atoms with Gasteiger partial charge in [0, 0.05) is 0 Å². The molecule has 19 heavy (non-hydrogen) atoms. The lowest BCUT2D eigenvalue weighted by Crippen LogP contribution is -2.33. The maximum absolute atomic E-state index is 11.8. The minimum absolute atomic E-state index is 0.254. The Balaban J connectivity index is 2.25. The van der Waals surface area contributed by atoms with Crippen LogP contribution in [0.1, 0.15) is 6.42 Å². The molecule has 0 aliphatic carbocycles. The van der Waals surface area contributed by atoms with E-state index in [1.54, 1.807) is 4.57 Å². The number of aromatic nitrogens is 4. The van der Waals surface area contributed by atoms with Gasteiger partial charge in [0.15, 0.2) is 11.5 Å². The molecule has 0 spiro atoms. The average molecular weight is 301 g/mol. The molecular weight excluding hydrogens is 288 g/mol. The lowest BCUT2D eigenvalue weighted by Gasteiger charge is -2.28. The Morgan fingerprint density at radius 1 is 1.42 bits per heavy atom. The summed E-state index contributed by atoms with van der Waals surface area (Å²) in [6.07, 6.45) is 3.42. The Morgan fingerprint density at radius 2 is 2.26 bits per heavy atom. The third-order valence-corrected chi connectivity index (χ3v) is 6.10. The van der Waals surface area contributed by atoms with Crippen molar-refractivity contribution in [3.8, 4) is 0 Å². The van der Waals surface area contributed by atoms with Crippen molar-refractivity contribution in [2.45, 2.75) is 17.5 Å². The molecule has 1 saturated heterocycles. The predicted octanol–water partition coefficient (Wildman–Crippen LogP) is 0.320. The Morgan fingerprint density at radius 3 is 3.00 bits per heavy atom. The molecule has 0 aromatic carbocycles. The molecule has 0 saturated carbocycles. The van der Waals surface area contributed by atoms with E-state index in [1.807, 2.05) is 0 Å². The first-order valence-electron chi connectivity index (χ1n) is 5.72. The minimum Gasteiger partial charge on any atom is -0.382 e. The molecule has 4 unspecified atom stereocenters. The molecule has 4 atom stereocenters. The van der Waals surface area contributed by atoms with Crippen LogP contribution in [0.2, 0.25) is 0 Å². The molecule has 102 valence electrons. The second-order valence-corrected chi connectivity index (χ2v) is 6.43. The van der Waals surface area contributed by atoms with Gasteiger partial charge in [-0.05, 0) is 6.42 Å². The quantitative estimate of drug-likeness (QED) is 0.812. The van der Waals surface area contributed by atoms with Crippen LogP contribution in [-0.4, -0.2) is 31.8 Å². The number of fused-ring (bicyclic) bond motifs is 1. The largest absolute Gasteiger partial charge is 0.382 e. The van der Waals surface area contributed by atoms with Crippen LogP contribution in [-0.2, 0) is 19.3 Å². The van der Waals surface area contributed by atoms with Gasteiger partial charge < -0.3 is 19.6 Å². The van der Waals surface area contributed by atoms with E-state index >= 15 is 0 Å². The summed E-state index contributed by atoms with van der Waals surface area (Å²) in [4.78, 5) is 12.1. The zero-order valence-corrected chi connectivity index (χ0v) is 12.2. The fraction of sp³-hybridized carbons (Fsp3) is 0.444. The van der Waals surface area contributed by atoms with Gasteiger partial charge in [-0.2, -0.15) is 0 Å². The van der Waals surface area contributed by atoms with Gasteiger partial charge in [-0.3, -0.25) is 4.57 Å². The number of nitrogen functional groups attached to an aromatic ring is 1. The number of rotatable bonds is 3. The first-order chi connectivity index (χ1) is 9.23. The van der Waals surface area contributed by atoms with E-state index in [2.05, 4.69) is 15.0 Å². The SMILES string of the molecule is Nc1ncnc2c1ncn2C1([PH2]=O)OCCC1[PH2]=O. The molecule has 2 aromatic rings. The topological polar surface area (TPSA) is 113 Å². The lowest BCUT2D eigenvalue weighted by molar-refractivity contribution is 0.0213. The number of ether oxygens (including phenoxy) is 1. The highest BCUT2D eigenvalue weighted by Crippen LogP contribution is 2.47. The van der Waals surface area contributed by atoms with Crippen molar-refractivity contribution >= 4 is 33.9 Å². The van der Waals surface area contributed by atoms with Gasteiger partial charge in [-0.1, -0.05) is 0 Å². The number of nitrogens with zero attached hydrogens (tertiary/aromatic N) is 4. The van der Waals surface area contributed by atoms with Gasteiger partial charge in [-0.15, -0.1) is 0 Å². The van der Waals surface area contributed by atoms with Crippen LogP contribution >= 0.6 is 16.9 Å². The highest BCUT2D eigenvalue weighted by atomic mass is 31.1. The molecule has 0 amide bonds. The second kappa shape index (κ2) is 4.71. The summed E-state index contributed by atoms with van der Waals surface area (Å²) in [7, 11) is -2.44. The first kappa shape index (κ1) is 12.8. The Hall–Kier alpha value is -1.23. The molecule has 0 bridgehead atoms. The van der Waals surface area contributed by atoms with Crippen LogP contribution in [0, 0.1) is 0 Å². The van der Waals surface area contributed by atoms with Gasteiger partial charge >= 0.3 is 0 Å². The van der Waals surface area contributed by atoms with Gasteiger partial charge in [0.2, 0.25) is 5.47 Å². The van der Waals surface area contributed by atoms with Gasteiger partial charge in [0.05, 0.1) is 27.1 Å². The minimum atomic E-state index is -1.34. The molecule has 2 N–H and O–H groups in total. The molecular formula is C9H13N5O3P2. The summed E-state index contributed by atoms with van der Waals surface area (Å²) < 4.78 is 30.4. The third-order valence-electron chi connectivity index (χ3n) is 3.36. The van der Waals surface area contributed by atoms with Crippen LogP contribution in [0.3, 0.4) is 0 Å². The second-order valence-electron chi connectivity index (χ2n) is 4.30. The summed E-state index contributed by atoms with van der Waals surface area (Å²) in [5.41, 5.74) is 5.25. The molecule has 3 rings (SSSR count). The smallest absolute Gasteiger partial charge is 0.204 e. The number of hydrogen-bond acceptors (Lipinski definition) is 7. The van der Waals surface area contributed by atoms with Crippen LogP contribution in [0.15, 0.2) is 12.7 Å². The summed E-state index contributed by atoms with van der Waals surface area (Å²) in [6.45, 7) is 0.426.